The topological polar surface area (TPSA) is 92.8 Å². The summed E-state index contributed by atoms with van der Waals surface area (Å²) in [6.07, 6.45) is 1.88. The third kappa shape index (κ3) is 5.84. The van der Waals surface area contributed by atoms with Crippen LogP contribution in [0.3, 0.4) is 0 Å². The quantitative estimate of drug-likeness (QED) is 0.713. The number of ether oxygens (including phenoxy) is 1. The molecule has 134 valence electrons. The zero-order valence-corrected chi connectivity index (χ0v) is 15.2. The SMILES string of the molecule is CCC(C)NC(=O)CCN(c1cccc(C(=O)OC)c1)S(C)(=O)=O. The van der Waals surface area contributed by atoms with Crippen molar-refractivity contribution < 1.29 is 22.7 Å². The molecule has 24 heavy (non-hydrogen) atoms. The van der Waals surface area contributed by atoms with E-state index in [0.29, 0.717) is 5.69 Å². The highest BCUT2D eigenvalue weighted by molar-refractivity contribution is 7.92. The van der Waals surface area contributed by atoms with Crippen molar-refractivity contribution in [3.05, 3.63) is 29.8 Å². The van der Waals surface area contributed by atoms with Crippen molar-refractivity contribution in [2.75, 3.05) is 24.2 Å². The Hall–Kier alpha value is -2.09. The molecular weight excluding hydrogens is 332 g/mol. The zero-order chi connectivity index (χ0) is 18.3. The summed E-state index contributed by atoms with van der Waals surface area (Å²) in [5.74, 6) is -0.776. The van der Waals surface area contributed by atoms with Crippen molar-refractivity contribution >= 4 is 27.6 Å². The first-order chi connectivity index (χ1) is 11.2. The van der Waals surface area contributed by atoms with Crippen LogP contribution in [-0.2, 0) is 19.6 Å². The molecule has 0 aliphatic carbocycles. The summed E-state index contributed by atoms with van der Waals surface area (Å²) in [6, 6.07) is 6.14. The number of benzene rings is 1. The standard InChI is InChI=1S/C16H24N2O5S/c1-5-12(2)17-15(19)9-10-18(24(4,21)22)14-8-6-7-13(11-14)16(20)23-3/h6-8,11-12H,5,9-10H2,1-4H3,(H,17,19). The number of nitrogens with zero attached hydrogens (tertiary/aromatic N) is 1. The third-order valence-electron chi connectivity index (χ3n) is 3.52. The van der Waals surface area contributed by atoms with Crippen molar-refractivity contribution in [1.29, 1.82) is 0 Å². The number of carbonyl (C=O) groups is 2. The first kappa shape index (κ1) is 20.0. The number of esters is 1. The summed E-state index contributed by atoms with van der Waals surface area (Å²) in [4.78, 5) is 23.5. The van der Waals surface area contributed by atoms with Gasteiger partial charge in [0.2, 0.25) is 15.9 Å². The molecule has 0 bridgehead atoms. The highest BCUT2D eigenvalue weighted by Crippen LogP contribution is 2.20. The van der Waals surface area contributed by atoms with Crippen LogP contribution in [0, 0.1) is 0 Å². The smallest absolute Gasteiger partial charge is 0.337 e. The van der Waals surface area contributed by atoms with E-state index < -0.39 is 16.0 Å². The zero-order valence-electron chi connectivity index (χ0n) is 14.4. The molecule has 0 saturated carbocycles. The van der Waals surface area contributed by atoms with Gasteiger partial charge in [0.1, 0.15) is 0 Å². The van der Waals surface area contributed by atoms with E-state index in [1.165, 1.54) is 19.2 Å². The molecule has 1 rings (SSSR count). The van der Waals surface area contributed by atoms with Gasteiger partial charge in [0.15, 0.2) is 0 Å². The largest absolute Gasteiger partial charge is 0.465 e. The maximum Gasteiger partial charge on any atom is 0.337 e. The molecule has 1 N–H and O–H groups in total. The van der Waals surface area contributed by atoms with E-state index in [1.807, 2.05) is 13.8 Å². The molecule has 1 atom stereocenters. The van der Waals surface area contributed by atoms with Crippen molar-refractivity contribution in [3.8, 4) is 0 Å². The van der Waals surface area contributed by atoms with Gasteiger partial charge in [-0.3, -0.25) is 9.10 Å². The van der Waals surface area contributed by atoms with Crippen LogP contribution in [0.2, 0.25) is 0 Å². The van der Waals surface area contributed by atoms with E-state index >= 15 is 0 Å². The average molecular weight is 356 g/mol. The van der Waals surface area contributed by atoms with Gasteiger partial charge in [-0.25, -0.2) is 13.2 Å². The monoisotopic (exact) mass is 356 g/mol. The summed E-state index contributed by atoms with van der Waals surface area (Å²) in [6.45, 7) is 3.82. The first-order valence-corrected chi connectivity index (χ1v) is 9.49. The Morgan fingerprint density at radius 2 is 2.00 bits per heavy atom. The van der Waals surface area contributed by atoms with Crippen LogP contribution in [-0.4, -0.2) is 46.2 Å². The lowest BCUT2D eigenvalue weighted by Crippen LogP contribution is -2.37. The number of hydrogen-bond acceptors (Lipinski definition) is 5. The van der Waals surface area contributed by atoms with Crippen molar-refractivity contribution in [1.82, 2.24) is 5.32 Å². The Morgan fingerprint density at radius 1 is 1.33 bits per heavy atom. The molecule has 1 aromatic rings. The lowest BCUT2D eigenvalue weighted by atomic mass is 10.2. The molecule has 1 aromatic carbocycles. The molecule has 7 nitrogen and oxygen atoms in total. The molecule has 1 amide bonds. The Bertz CT molecular complexity index is 687. The normalized spacial score (nSPS) is 12.3. The number of methoxy groups -OCH3 is 1. The van der Waals surface area contributed by atoms with Gasteiger partial charge >= 0.3 is 5.97 Å². The van der Waals surface area contributed by atoms with E-state index in [0.717, 1.165) is 17.0 Å². The Labute approximate surface area is 143 Å². The molecule has 1 unspecified atom stereocenters. The molecule has 0 heterocycles. The number of hydrogen-bond donors (Lipinski definition) is 1. The molecule has 0 aliphatic rings. The molecule has 0 fully saturated rings. The Morgan fingerprint density at radius 3 is 2.54 bits per heavy atom. The second-order valence-electron chi connectivity index (χ2n) is 5.50. The van der Waals surface area contributed by atoms with Gasteiger partial charge in [-0.15, -0.1) is 0 Å². The third-order valence-corrected chi connectivity index (χ3v) is 4.71. The van der Waals surface area contributed by atoms with Gasteiger partial charge in [-0.2, -0.15) is 0 Å². The highest BCUT2D eigenvalue weighted by Gasteiger charge is 2.20. The molecule has 0 spiro atoms. The van der Waals surface area contributed by atoms with Crippen LogP contribution in [0.5, 0.6) is 0 Å². The summed E-state index contributed by atoms with van der Waals surface area (Å²) < 4.78 is 29.8. The van der Waals surface area contributed by atoms with Gasteiger partial charge in [0, 0.05) is 19.0 Å². The van der Waals surface area contributed by atoms with Crippen molar-refractivity contribution in [2.24, 2.45) is 0 Å². The van der Waals surface area contributed by atoms with Crippen molar-refractivity contribution in [3.63, 3.8) is 0 Å². The first-order valence-electron chi connectivity index (χ1n) is 7.64. The summed E-state index contributed by atoms with van der Waals surface area (Å²) in [5, 5.41) is 2.79. The van der Waals surface area contributed by atoms with E-state index in [1.54, 1.807) is 12.1 Å². The highest BCUT2D eigenvalue weighted by atomic mass is 32.2. The Kier molecular flexibility index (Phi) is 7.21. The van der Waals surface area contributed by atoms with Gasteiger partial charge in [0.25, 0.3) is 0 Å². The second-order valence-corrected chi connectivity index (χ2v) is 7.41. The number of nitrogens with one attached hydrogen (secondary N) is 1. The van der Waals surface area contributed by atoms with Gasteiger partial charge in [-0.05, 0) is 31.5 Å². The molecule has 0 aromatic heterocycles. The van der Waals surface area contributed by atoms with Crippen LogP contribution in [0.15, 0.2) is 24.3 Å². The summed E-state index contributed by atoms with van der Waals surface area (Å²) in [7, 11) is -2.34. The predicted octanol–water partition coefficient (Wildman–Crippen LogP) is 1.54. The van der Waals surface area contributed by atoms with Crippen LogP contribution in [0.25, 0.3) is 0 Å². The minimum Gasteiger partial charge on any atom is -0.465 e. The van der Waals surface area contributed by atoms with E-state index in [-0.39, 0.29) is 30.5 Å². The summed E-state index contributed by atoms with van der Waals surface area (Å²) >= 11 is 0. The van der Waals surface area contributed by atoms with Crippen LogP contribution in [0.1, 0.15) is 37.0 Å². The number of amides is 1. The fraction of sp³-hybridized carbons (Fsp3) is 0.500. The molecule has 8 heteroatoms. The maximum absolute atomic E-state index is 12.1. The number of sulfonamides is 1. The van der Waals surface area contributed by atoms with Crippen LogP contribution >= 0.6 is 0 Å². The minimum atomic E-state index is -3.60. The van der Waals surface area contributed by atoms with Crippen LogP contribution in [0.4, 0.5) is 5.69 Å². The number of anilines is 1. The van der Waals surface area contributed by atoms with E-state index in [9.17, 15) is 18.0 Å². The fourth-order valence-corrected chi connectivity index (χ4v) is 2.96. The van der Waals surface area contributed by atoms with E-state index in [2.05, 4.69) is 10.1 Å². The van der Waals surface area contributed by atoms with Crippen molar-refractivity contribution in [2.45, 2.75) is 32.7 Å². The molecule has 0 saturated heterocycles. The lowest BCUT2D eigenvalue weighted by Gasteiger charge is -2.23. The maximum atomic E-state index is 12.1. The second kappa shape index (κ2) is 8.68. The average Bonchev–Trinajstić information content (AvgIpc) is 2.53. The molecule has 0 aliphatic heterocycles. The molecule has 0 radical (unpaired) electrons. The lowest BCUT2D eigenvalue weighted by molar-refractivity contribution is -0.121. The van der Waals surface area contributed by atoms with Gasteiger partial charge < -0.3 is 10.1 Å². The molecular formula is C16H24N2O5S. The number of carbonyl (C=O) groups excluding carboxylic acids is 2. The number of rotatable bonds is 8. The fourth-order valence-electron chi connectivity index (χ4n) is 2.04. The summed E-state index contributed by atoms with van der Waals surface area (Å²) in [5.41, 5.74) is 0.560. The van der Waals surface area contributed by atoms with E-state index in [4.69, 9.17) is 0 Å². The van der Waals surface area contributed by atoms with Gasteiger partial charge in [0.05, 0.1) is 24.6 Å². The van der Waals surface area contributed by atoms with Gasteiger partial charge in [-0.1, -0.05) is 13.0 Å². The predicted molar refractivity (Wildman–Crippen MR) is 92.5 cm³/mol. The van der Waals surface area contributed by atoms with Crippen LogP contribution < -0.4 is 9.62 Å². The Balaban J connectivity index is 2.95. The minimum absolute atomic E-state index is 0.00821.